The van der Waals surface area contributed by atoms with Crippen LogP contribution in [0.3, 0.4) is 0 Å². The number of carbonyl (C=O) groups is 1. The molecule has 3 heteroatoms. The summed E-state index contributed by atoms with van der Waals surface area (Å²) in [6.07, 6.45) is 2.52. The Bertz CT molecular complexity index is 469. The highest BCUT2D eigenvalue weighted by Gasteiger charge is 2.03. The molecular formula is C15H20N2O. The summed E-state index contributed by atoms with van der Waals surface area (Å²) in [4.78, 5) is 11.6. The van der Waals surface area contributed by atoms with E-state index in [1.165, 1.54) is 0 Å². The van der Waals surface area contributed by atoms with Crippen molar-refractivity contribution >= 4 is 11.6 Å². The van der Waals surface area contributed by atoms with Crippen molar-refractivity contribution in [2.24, 2.45) is 5.73 Å². The molecule has 0 radical (unpaired) electrons. The second-order valence-electron chi connectivity index (χ2n) is 4.19. The molecule has 0 unspecified atom stereocenters. The minimum Gasteiger partial charge on any atom is -0.326 e. The molecule has 0 saturated carbocycles. The van der Waals surface area contributed by atoms with E-state index in [-0.39, 0.29) is 5.91 Å². The molecule has 18 heavy (non-hydrogen) atoms. The zero-order chi connectivity index (χ0) is 13.4. The van der Waals surface area contributed by atoms with Crippen LogP contribution in [-0.2, 0) is 4.79 Å². The highest BCUT2D eigenvalue weighted by Crippen LogP contribution is 2.14. The van der Waals surface area contributed by atoms with Crippen molar-refractivity contribution in [1.82, 2.24) is 0 Å². The summed E-state index contributed by atoms with van der Waals surface area (Å²) in [5.41, 5.74) is 8.16. The van der Waals surface area contributed by atoms with Gasteiger partial charge in [-0.15, -0.1) is 0 Å². The van der Waals surface area contributed by atoms with E-state index in [1.54, 1.807) is 0 Å². The summed E-state index contributed by atoms with van der Waals surface area (Å²) in [6.45, 7) is 4.40. The highest BCUT2D eigenvalue weighted by molar-refractivity contribution is 5.90. The quantitative estimate of drug-likeness (QED) is 0.799. The number of unbranched alkanes of at least 4 members (excludes halogenated alkanes) is 1. The molecule has 3 N–H and O–H groups in total. The highest BCUT2D eigenvalue weighted by atomic mass is 16.1. The van der Waals surface area contributed by atoms with Crippen LogP contribution in [-0.4, -0.2) is 12.5 Å². The fraction of sp³-hybridized carbons (Fsp3) is 0.400. The Morgan fingerprint density at radius 3 is 2.83 bits per heavy atom. The minimum atomic E-state index is 0.0667. The van der Waals surface area contributed by atoms with Gasteiger partial charge in [-0.2, -0.15) is 0 Å². The Balaban J connectivity index is 2.69. The van der Waals surface area contributed by atoms with Crippen LogP contribution >= 0.6 is 0 Å². The number of benzene rings is 1. The third kappa shape index (κ3) is 4.60. The van der Waals surface area contributed by atoms with Gasteiger partial charge in [-0.3, -0.25) is 4.79 Å². The Hall–Kier alpha value is -1.79. The maximum absolute atomic E-state index is 11.6. The molecule has 1 amide bonds. The van der Waals surface area contributed by atoms with Crippen molar-refractivity contribution in [1.29, 1.82) is 0 Å². The van der Waals surface area contributed by atoms with Crippen molar-refractivity contribution in [2.75, 3.05) is 11.9 Å². The van der Waals surface area contributed by atoms with Crippen molar-refractivity contribution in [3.8, 4) is 11.8 Å². The Labute approximate surface area is 109 Å². The molecule has 0 aliphatic rings. The number of carbonyl (C=O) groups excluding carboxylic acids is 1. The molecule has 1 aromatic rings. The van der Waals surface area contributed by atoms with Crippen LogP contribution in [0, 0.1) is 18.8 Å². The number of nitrogens with one attached hydrogen (secondary N) is 1. The summed E-state index contributed by atoms with van der Waals surface area (Å²) in [7, 11) is 0. The molecule has 1 rings (SSSR count). The predicted octanol–water partition coefficient (Wildman–Crippen LogP) is 2.43. The van der Waals surface area contributed by atoms with Crippen molar-refractivity contribution in [3.63, 3.8) is 0 Å². The molecule has 0 fully saturated rings. The maximum Gasteiger partial charge on any atom is 0.224 e. The molecule has 0 aromatic heterocycles. The lowest BCUT2D eigenvalue weighted by Crippen LogP contribution is -2.11. The van der Waals surface area contributed by atoms with Crippen LogP contribution in [0.25, 0.3) is 0 Å². The van der Waals surface area contributed by atoms with Gasteiger partial charge in [0, 0.05) is 17.7 Å². The summed E-state index contributed by atoms with van der Waals surface area (Å²) < 4.78 is 0. The maximum atomic E-state index is 11.6. The fourth-order valence-corrected chi connectivity index (χ4v) is 1.59. The number of hydrogen-bond donors (Lipinski definition) is 2. The third-order valence-corrected chi connectivity index (χ3v) is 2.59. The van der Waals surface area contributed by atoms with E-state index in [1.807, 2.05) is 25.1 Å². The number of rotatable bonds is 4. The smallest absolute Gasteiger partial charge is 0.224 e. The Morgan fingerprint density at radius 1 is 1.44 bits per heavy atom. The zero-order valence-corrected chi connectivity index (χ0v) is 11.0. The van der Waals surface area contributed by atoms with Gasteiger partial charge in [0.05, 0.1) is 6.54 Å². The Morgan fingerprint density at radius 2 is 2.22 bits per heavy atom. The molecule has 0 aliphatic heterocycles. The average molecular weight is 244 g/mol. The van der Waals surface area contributed by atoms with E-state index in [2.05, 4.69) is 24.1 Å². The largest absolute Gasteiger partial charge is 0.326 e. The SMILES string of the molecule is CCCCC(=O)Nc1ccc(C#CCN)c(C)c1. The molecule has 0 bridgehead atoms. The molecule has 3 nitrogen and oxygen atoms in total. The molecule has 0 aliphatic carbocycles. The van der Waals surface area contributed by atoms with E-state index >= 15 is 0 Å². The first kappa shape index (κ1) is 14.3. The summed E-state index contributed by atoms with van der Waals surface area (Å²) in [5, 5.41) is 2.89. The van der Waals surface area contributed by atoms with E-state index in [0.717, 1.165) is 29.7 Å². The van der Waals surface area contributed by atoms with Crippen LogP contribution < -0.4 is 11.1 Å². The second-order valence-corrected chi connectivity index (χ2v) is 4.19. The van der Waals surface area contributed by atoms with E-state index < -0.39 is 0 Å². The lowest BCUT2D eigenvalue weighted by Gasteiger charge is -2.06. The molecule has 0 heterocycles. The second kappa shape index (κ2) is 7.52. The summed E-state index contributed by atoms with van der Waals surface area (Å²) >= 11 is 0. The van der Waals surface area contributed by atoms with Gasteiger partial charge in [-0.05, 0) is 37.1 Å². The lowest BCUT2D eigenvalue weighted by atomic mass is 10.1. The molecule has 1 aromatic carbocycles. The third-order valence-electron chi connectivity index (χ3n) is 2.59. The molecular weight excluding hydrogens is 224 g/mol. The zero-order valence-electron chi connectivity index (χ0n) is 11.0. The molecule has 0 saturated heterocycles. The van der Waals surface area contributed by atoms with E-state index in [9.17, 15) is 4.79 Å². The number of amides is 1. The molecule has 0 spiro atoms. The minimum absolute atomic E-state index is 0.0667. The van der Waals surface area contributed by atoms with Crippen LogP contribution in [0.5, 0.6) is 0 Å². The monoisotopic (exact) mass is 244 g/mol. The van der Waals surface area contributed by atoms with Gasteiger partial charge in [0.25, 0.3) is 0 Å². The number of nitrogens with two attached hydrogens (primary N) is 1. The van der Waals surface area contributed by atoms with Crippen LogP contribution in [0.4, 0.5) is 5.69 Å². The van der Waals surface area contributed by atoms with E-state index in [0.29, 0.717) is 13.0 Å². The first-order chi connectivity index (χ1) is 8.67. The first-order valence-corrected chi connectivity index (χ1v) is 6.26. The first-order valence-electron chi connectivity index (χ1n) is 6.26. The van der Waals surface area contributed by atoms with Gasteiger partial charge in [0.1, 0.15) is 0 Å². The van der Waals surface area contributed by atoms with Gasteiger partial charge >= 0.3 is 0 Å². The Kier molecular flexibility index (Phi) is 5.96. The van der Waals surface area contributed by atoms with Gasteiger partial charge in [-0.25, -0.2) is 0 Å². The van der Waals surface area contributed by atoms with Gasteiger partial charge < -0.3 is 11.1 Å². The summed E-state index contributed by atoms with van der Waals surface area (Å²) in [5.74, 6) is 5.89. The number of aryl methyl sites for hydroxylation is 1. The normalized spacial score (nSPS) is 9.50. The van der Waals surface area contributed by atoms with Crippen LogP contribution in [0.2, 0.25) is 0 Å². The number of hydrogen-bond acceptors (Lipinski definition) is 2. The van der Waals surface area contributed by atoms with Crippen molar-refractivity contribution in [3.05, 3.63) is 29.3 Å². The van der Waals surface area contributed by atoms with Gasteiger partial charge in [0.15, 0.2) is 0 Å². The van der Waals surface area contributed by atoms with Crippen LogP contribution in [0.1, 0.15) is 37.3 Å². The van der Waals surface area contributed by atoms with Crippen molar-refractivity contribution in [2.45, 2.75) is 33.1 Å². The predicted molar refractivity (Wildman–Crippen MR) is 75.3 cm³/mol. The van der Waals surface area contributed by atoms with Crippen molar-refractivity contribution < 1.29 is 4.79 Å². The summed E-state index contributed by atoms with van der Waals surface area (Å²) in [6, 6.07) is 5.72. The van der Waals surface area contributed by atoms with Gasteiger partial charge in [0.2, 0.25) is 5.91 Å². The average Bonchev–Trinajstić information content (AvgIpc) is 2.35. The number of anilines is 1. The lowest BCUT2D eigenvalue weighted by molar-refractivity contribution is -0.116. The van der Waals surface area contributed by atoms with Crippen LogP contribution in [0.15, 0.2) is 18.2 Å². The fourth-order valence-electron chi connectivity index (χ4n) is 1.59. The topological polar surface area (TPSA) is 55.1 Å². The van der Waals surface area contributed by atoms with E-state index in [4.69, 9.17) is 5.73 Å². The molecule has 0 atom stereocenters. The van der Waals surface area contributed by atoms with Gasteiger partial charge in [-0.1, -0.05) is 25.2 Å². The molecule has 96 valence electrons. The standard InChI is InChI=1S/C15H20N2O/c1-3-4-7-15(18)17-14-9-8-13(6-5-10-16)12(2)11-14/h8-9,11H,3-4,7,10,16H2,1-2H3,(H,17,18).